The molecule has 0 atom stereocenters. The van der Waals surface area contributed by atoms with Crippen molar-refractivity contribution in [2.45, 2.75) is 52.6 Å². The van der Waals surface area contributed by atoms with Gasteiger partial charge < -0.3 is 4.52 Å². The Labute approximate surface area is 131 Å². The Bertz CT molecular complexity index is 770. The van der Waals surface area contributed by atoms with E-state index in [9.17, 15) is 8.42 Å². The molecule has 8 heteroatoms. The molecule has 122 valence electrons. The maximum Gasteiger partial charge on any atom is 0.248 e. The van der Waals surface area contributed by atoms with Crippen molar-refractivity contribution in [3.8, 4) is 0 Å². The van der Waals surface area contributed by atoms with Gasteiger partial charge >= 0.3 is 0 Å². The first-order valence-electron chi connectivity index (χ1n) is 7.12. The predicted octanol–water partition coefficient (Wildman–Crippen LogP) is 1.95. The molecule has 2 rings (SSSR count). The zero-order valence-electron chi connectivity index (χ0n) is 13.8. The summed E-state index contributed by atoms with van der Waals surface area (Å²) < 4.78 is 33.6. The minimum absolute atomic E-state index is 0.146. The second-order valence-electron chi connectivity index (χ2n) is 5.38. The second-order valence-corrected chi connectivity index (χ2v) is 7.36. The summed E-state index contributed by atoms with van der Waals surface area (Å²) in [5, 5.41) is 8.15. The summed E-state index contributed by atoms with van der Waals surface area (Å²) in [6, 6.07) is 0. The largest absolute Gasteiger partial charge is 0.360 e. The van der Waals surface area contributed by atoms with Crippen molar-refractivity contribution < 1.29 is 12.9 Å². The van der Waals surface area contributed by atoms with Crippen LogP contribution in [0.2, 0.25) is 0 Å². The Kier molecular flexibility index (Phi) is 4.44. The van der Waals surface area contributed by atoms with Crippen LogP contribution in [0.3, 0.4) is 0 Å². The first-order chi connectivity index (χ1) is 10.2. The van der Waals surface area contributed by atoms with E-state index in [0.29, 0.717) is 11.5 Å². The molecule has 7 nitrogen and oxygen atoms in total. The van der Waals surface area contributed by atoms with Crippen molar-refractivity contribution >= 4 is 10.0 Å². The SMILES string of the molecule is CCn1nc(C)c(CN(C)S(=O)(=O)c2c(C)noc2C)c1C. The summed E-state index contributed by atoms with van der Waals surface area (Å²) in [6.45, 7) is 10.1. The van der Waals surface area contributed by atoms with Crippen molar-refractivity contribution in [1.82, 2.24) is 19.2 Å². The van der Waals surface area contributed by atoms with Gasteiger partial charge in [0.25, 0.3) is 0 Å². The van der Waals surface area contributed by atoms with Gasteiger partial charge in [-0.15, -0.1) is 0 Å². The smallest absolute Gasteiger partial charge is 0.248 e. The van der Waals surface area contributed by atoms with E-state index in [2.05, 4.69) is 10.3 Å². The number of sulfonamides is 1. The van der Waals surface area contributed by atoms with Gasteiger partial charge in [-0.05, 0) is 34.6 Å². The molecule has 0 amide bonds. The highest BCUT2D eigenvalue weighted by atomic mass is 32.2. The van der Waals surface area contributed by atoms with Crippen LogP contribution >= 0.6 is 0 Å². The molecule has 2 heterocycles. The Morgan fingerprint density at radius 1 is 1.18 bits per heavy atom. The Balaban J connectivity index is 2.37. The lowest BCUT2D eigenvalue weighted by atomic mass is 10.2. The predicted molar refractivity (Wildman–Crippen MR) is 82.0 cm³/mol. The van der Waals surface area contributed by atoms with Gasteiger partial charge in [-0.2, -0.15) is 9.40 Å². The molecule has 0 aliphatic heterocycles. The number of hydrogen-bond donors (Lipinski definition) is 0. The zero-order chi connectivity index (χ0) is 16.7. The van der Waals surface area contributed by atoms with E-state index in [-0.39, 0.29) is 11.4 Å². The van der Waals surface area contributed by atoms with Gasteiger partial charge in [0.15, 0.2) is 5.76 Å². The monoisotopic (exact) mass is 326 g/mol. The highest BCUT2D eigenvalue weighted by Crippen LogP contribution is 2.25. The van der Waals surface area contributed by atoms with E-state index in [1.165, 1.54) is 4.31 Å². The summed E-state index contributed by atoms with van der Waals surface area (Å²) in [7, 11) is -2.09. The van der Waals surface area contributed by atoms with Crippen LogP contribution in [0.25, 0.3) is 0 Å². The lowest BCUT2D eigenvalue weighted by Crippen LogP contribution is -2.27. The van der Waals surface area contributed by atoms with Crippen LogP contribution in [0.5, 0.6) is 0 Å². The molecule has 2 aromatic rings. The van der Waals surface area contributed by atoms with E-state index >= 15 is 0 Å². The molecular weight excluding hydrogens is 304 g/mol. The average Bonchev–Trinajstić information content (AvgIpc) is 2.92. The van der Waals surface area contributed by atoms with Crippen molar-refractivity contribution in [3.05, 3.63) is 28.4 Å². The minimum atomic E-state index is -3.65. The third kappa shape index (κ3) is 2.68. The molecule has 2 aromatic heterocycles. The summed E-state index contributed by atoms with van der Waals surface area (Å²) >= 11 is 0. The highest BCUT2D eigenvalue weighted by Gasteiger charge is 2.29. The fraction of sp³-hybridized carbons (Fsp3) is 0.571. The van der Waals surface area contributed by atoms with Crippen LogP contribution in [-0.4, -0.2) is 34.7 Å². The quantitative estimate of drug-likeness (QED) is 0.839. The van der Waals surface area contributed by atoms with E-state index in [0.717, 1.165) is 23.5 Å². The summed E-state index contributed by atoms with van der Waals surface area (Å²) in [5.41, 5.74) is 3.14. The maximum absolute atomic E-state index is 12.7. The van der Waals surface area contributed by atoms with Crippen molar-refractivity contribution in [2.75, 3.05) is 7.05 Å². The summed E-state index contributed by atoms with van der Waals surface area (Å²) in [6.07, 6.45) is 0. The Morgan fingerprint density at radius 2 is 1.82 bits per heavy atom. The van der Waals surface area contributed by atoms with Gasteiger partial charge in [0.1, 0.15) is 10.6 Å². The first kappa shape index (κ1) is 16.7. The van der Waals surface area contributed by atoms with Crippen LogP contribution in [0.1, 0.15) is 35.3 Å². The van der Waals surface area contributed by atoms with Crippen LogP contribution in [-0.2, 0) is 23.1 Å². The lowest BCUT2D eigenvalue weighted by molar-refractivity contribution is 0.389. The van der Waals surface area contributed by atoms with Crippen LogP contribution in [0, 0.1) is 27.7 Å². The number of nitrogens with zero attached hydrogens (tertiary/aromatic N) is 4. The molecule has 0 spiro atoms. The number of rotatable bonds is 5. The first-order valence-corrected chi connectivity index (χ1v) is 8.56. The van der Waals surface area contributed by atoms with Gasteiger partial charge in [-0.1, -0.05) is 5.16 Å². The lowest BCUT2D eigenvalue weighted by Gasteiger charge is -2.17. The van der Waals surface area contributed by atoms with Crippen LogP contribution in [0.4, 0.5) is 0 Å². The van der Waals surface area contributed by atoms with Gasteiger partial charge in [-0.25, -0.2) is 8.42 Å². The molecule has 22 heavy (non-hydrogen) atoms. The van der Waals surface area contributed by atoms with E-state index in [1.54, 1.807) is 20.9 Å². The van der Waals surface area contributed by atoms with E-state index in [1.807, 2.05) is 25.5 Å². The molecule has 0 aliphatic rings. The van der Waals surface area contributed by atoms with Gasteiger partial charge in [0.05, 0.1) is 5.69 Å². The normalized spacial score (nSPS) is 12.3. The molecule has 0 saturated carbocycles. The molecular formula is C14H22N4O3S. The van der Waals surface area contributed by atoms with Gasteiger partial charge in [-0.3, -0.25) is 4.68 Å². The standard InChI is InChI=1S/C14H22N4O3S/c1-7-18-11(4)13(9(2)15-18)8-17(6)22(19,20)14-10(3)16-21-12(14)5/h7-8H2,1-6H3. The van der Waals surface area contributed by atoms with Crippen molar-refractivity contribution in [3.63, 3.8) is 0 Å². The molecule has 0 radical (unpaired) electrons. The molecule has 0 bridgehead atoms. The van der Waals surface area contributed by atoms with E-state index < -0.39 is 10.0 Å². The molecule has 0 aliphatic carbocycles. The van der Waals surface area contributed by atoms with Crippen LogP contribution < -0.4 is 0 Å². The zero-order valence-corrected chi connectivity index (χ0v) is 14.7. The third-order valence-corrected chi connectivity index (χ3v) is 5.90. The second kappa shape index (κ2) is 5.85. The van der Waals surface area contributed by atoms with Crippen molar-refractivity contribution in [2.24, 2.45) is 0 Å². The number of hydrogen-bond acceptors (Lipinski definition) is 5. The maximum atomic E-state index is 12.7. The van der Waals surface area contributed by atoms with E-state index in [4.69, 9.17) is 4.52 Å². The summed E-state index contributed by atoms with van der Waals surface area (Å²) in [4.78, 5) is 0.146. The fourth-order valence-corrected chi connectivity index (χ4v) is 4.00. The van der Waals surface area contributed by atoms with Crippen LogP contribution in [0.15, 0.2) is 9.42 Å². The molecule has 0 unspecified atom stereocenters. The number of aryl methyl sites for hydroxylation is 4. The third-order valence-electron chi connectivity index (χ3n) is 3.85. The minimum Gasteiger partial charge on any atom is -0.360 e. The Morgan fingerprint density at radius 3 is 2.27 bits per heavy atom. The molecule has 0 aromatic carbocycles. The summed E-state index contributed by atoms with van der Waals surface area (Å²) in [5.74, 6) is 0.307. The van der Waals surface area contributed by atoms with Gasteiger partial charge in [0.2, 0.25) is 10.0 Å². The van der Waals surface area contributed by atoms with Crippen molar-refractivity contribution in [1.29, 1.82) is 0 Å². The molecule has 0 saturated heterocycles. The highest BCUT2D eigenvalue weighted by molar-refractivity contribution is 7.89. The number of aromatic nitrogens is 3. The Hall–Kier alpha value is -1.67. The average molecular weight is 326 g/mol. The van der Waals surface area contributed by atoms with Gasteiger partial charge in [0, 0.05) is 31.4 Å². The topological polar surface area (TPSA) is 81.2 Å². The fourth-order valence-electron chi connectivity index (χ4n) is 2.58. The molecule has 0 fully saturated rings. The molecule has 0 N–H and O–H groups in total.